The first-order valence-electron chi connectivity index (χ1n) is 8.30. The van der Waals surface area contributed by atoms with E-state index in [2.05, 4.69) is 5.32 Å². The lowest BCUT2D eigenvalue weighted by molar-refractivity contribution is -0.143. The Hall–Kier alpha value is -2.90. The van der Waals surface area contributed by atoms with Crippen LogP contribution in [-0.4, -0.2) is 57.3 Å². The monoisotopic (exact) mass is 361 g/mol. The molecule has 0 spiro atoms. The summed E-state index contributed by atoms with van der Waals surface area (Å²) in [5.74, 6) is -2.65. The van der Waals surface area contributed by atoms with Gasteiger partial charge in [0.2, 0.25) is 5.91 Å². The first-order valence-corrected chi connectivity index (χ1v) is 8.30. The number of nitrogens with one attached hydrogen (secondary N) is 1. The topological polar surface area (TPSA) is 107 Å². The summed E-state index contributed by atoms with van der Waals surface area (Å²) in [6.07, 6.45) is 0. The van der Waals surface area contributed by atoms with Crippen molar-refractivity contribution < 1.29 is 24.3 Å². The number of hydrogen-bond acceptors (Lipinski definition) is 4. The molecule has 1 fully saturated rings. The normalized spacial score (nSPS) is 17.0. The lowest BCUT2D eigenvalue weighted by Gasteiger charge is -2.31. The van der Waals surface area contributed by atoms with Crippen LogP contribution in [0.2, 0.25) is 0 Å². The second kappa shape index (κ2) is 7.55. The lowest BCUT2D eigenvalue weighted by atomic mass is 10.0. The minimum absolute atomic E-state index is 0.00684. The van der Waals surface area contributed by atoms with Crippen molar-refractivity contribution >= 4 is 23.8 Å². The van der Waals surface area contributed by atoms with E-state index in [1.165, 1.54) is 16.7 Å². The molecule has 1 aromatic rings. The van der Waals surface area contributed by atoms with Gasteiger partial charge in [0.1, 0.15) is 12.1 Å². The van der Waals surface area contributed by atoms with Crippen LogP contribution in [0.25, 0.3) is 0 Å². The van der Waals surface area contributed by atoms with Crippen molar-refractivity contribution in [3.8, 4) is 0 Å². The molecule has 8 nitrogen and oxygen atoms in total. The van der Waals surface area contributed by atoms with Crippen LogP contribution in [0.4, 0.5) is 4.79 Å². The third-order valence-corrected chi connectivity index (χ3v) is 4.47. The van der Waals surface area contributed by atoms with Crippen LogP contribution in [0.15, 0.2) is 30.3 Å². The van der Waals surface area contributed by atoms with Crippen LogP contribution in [0.3, 0.4) is 0 Å². The summed E-state index contributed by atoms with van der Waals surface area (Å²) in [6, 6.07) is 8.55. The van der Waals surface area contributed by atoms with Crippen molar-refractivity contribution in [3.63, 3.8) is 0 Å². The maximum Gasteiger partial charge on any atom is 0.325 e. The average Bonchev–Trinajstić information content (AvgIpc) is 2.77. The average molecular weight is 361 g/mol. The minimum atomic E-state index is -1.14. The van der Waals surface area contributed by atoms with Gasteiger partial charge in [-0.3, -0.25) is 19.7 Å². The predicted octanol–water partition coefficient (Wildman–Crippen LogP) is 1.07. The van der Waals surface area contributed by atoms with Gasteiger partial charge in [-0.25, -0.2) is 4.79 Å². The largest absolute Gasteiger partial charge is 0.481 e. The van der Waals surface area contributed by atoms with Gasteiger partial charge in [0.15, 0.2) is 0 Å². The summed E-state index contributed by atoms with van der Waals surface area (Å²) < 4.78 is 0. The molecule has 0 radical (unpaired) electrons. The summed E-state index contributed by atoms with van der Waals surface area (Å²) in [4.78, 5) is 50.4. The number of imide groups is 1. The maximum atomic E-state index is 12.8. The highest BCUT2D eigenvalue weighted by molar-refractivity contribution is 6.07. The molecule has 1 aliphatic heterocycles. The number of carboxylic acids is 1. The smallest absolute Gasteiger partial charge is 0.325 e. The van der Waals surface area contributed by atoms with Gasteiger partial charge in [0, 0.05) is 13.1 Å². The maximum absolute atomic E-state index is 12.8. The van der Waals surface area contributed by atoms with E-state index in [1.54, 1.807) is 13.8 Å². The van der Waals surface area contributed by atoms with Crippen molar-refractivity contribution in [2.75, 3.05) is 13.1 Å². The van der Waals surface area contributed by atoms with E-state index in [9.17, 15) is 19.2 Å². The SMILES string of the molecule is C[C@H](CN(Cc1ccccc1)C(=O)CN1C(=O)NC(=O)C1(C)C)C(=O)O. The second-order valence-electron chi connectivity index (χ2n) is 6.90. The van der Waals surface area contributed by atoms with E-state index in [0.29, 0.717) is 0 Å². The fourth-order valence-electron chi connectivity index (χ4n) is 2.67. The number of carbonyl (C=O) groups excluding carboxylic acids is 3. The quantitative estimate of drug-likeness (QED) is 0.707. The third kappa shape index (κ3) is 4.19. The number of rotatable bonds is 7. The van der Waals surface area contributed by atoms with Gasteiger partial charge in [0.05, 0.1) is 5.92 Å². The van der Waals surface area contributed by atoms with Crippen LogP contribution >= 0.6 is 0 Å². The van der Waals surface area contributed by atoms with Gasteiger partial charge in [0.25, 0.3) is 5.91 Å². The number of urea groups is 1. The molecule has 4 amide bonds. The summed E-state index contributed by atoms with van der Waals surface area (Å²) in [7, 11) is 0. The summed E-state index contributed by atoms with van der Waals surface area (Å²) >= 11 is 0. The molecule has 0 aliphatic carbocycles. The van der Waals surface area contributed by atoms with Crippen molar-refractivity contribution in [2.45, 2.75) is 32.9 Å². The molecule has 0 saturated carbocycles. The highest BCUT2D eigenvalue weighted by Gasteiger charge is 2.46. The fourth-order valence-corrected chi connectivity index (χ4v) is 2.67. The molecular formula is C18H23N3O5. The van der Waals surface area contributed by atoms with Gasteiger partial charge in [-0.15, -0.1) is 0 Å². The summed E-state index contributed by atoms with van der Waals surface area (Å²) in [6.45, 7) is 4.56. The van der Waals surface area contributed by atoms with Crippen molar-refractivity contribution in [2.24, 2.45) is 5.92 Å². The zero-order valence-electron chi connectivity index (χ0n) is 15.1. The van der Waals surface area contributed by atoms with Gasteiger partial charge in [-0.2, -0.15) is 0 Å². The number of carboxylic acid groups (broad SMARTS) is 1. The first-order chi connectivity index (χ1) is 12.1. The molecule has 1 heterocycles. The Kier molecular flexibility index (Phi) is 5.64. The van der Waals surface area contributed by atoms with Crippen molar-refractivity contribution in [3.05, 3.63) is 35.9 Å². The minimum Gasteiger partial charge on any atom is -0.481 e. The zero-order chi connectivity index (χ0) is 19.5. The van der Waals surface area contributed by atoms with E-state index in [0.717, 1.165) is 5.56 Å². The van der Waals surface area contributed by atoms with Gasteiger partial charge in [-0.05, 0) is 19.4 Å². The first kappa shape index (κ1) is 19.4. The van der Waals surface area contributed by atoms with E-state index < -0.39 is 35.3 Å². The van der Waals surface area contributed by atoms with Crippen molar-refractivity contribution in [1.82, 2.24) is 15.1 Å². The third-order valence-electron chi connectivity index (χ3n) is 4.47. The molecule has 8 heteroatoms. The number of aliphatic carboxylic acids is 1. The van der Waals surface area contributed by atoms with Crippen LogP contribution in [0.1, 0.15) is 26.3 Å². The van der Waals surface area contributed by atoms with Gasteiger partial charge >= 0.3 is 12.0 Å². The highest BCUT2D eigenvalue weighted by Crippen LogP contribution is 2.21. The van der Waals surface area contributed by atoms with Crippen molar-refractivity contribution in [1.29, 1.82) is 0 Å². The van der Waals surface area contributed by atoms with E-state index in [4.69, 9.17) is 5.11 Å². The zero-order valence-corrected chi connectivity index (χ0v) is 15.1. The highest BCUT2D eigenvalue weighted by atomic mass is 16.4. The molecule has 140 valence electrons. The van der Waals surface area contributed by atoms with E-state index in [-0.39, 0.29) is 19.6 Å². The summed E-state index contributed by atoms with van der Waals surface area (Å²) in [5.41, 5.74) is -0.288. The van der Waals surface area contributed by atoms with Crippen LogP contribution in [0, 0.1) is 5.92 Å². The number of benzene rings is 1. The Bertz CT molecular complexity index is 717. The predicted molar refractivity (Wildman–Crippen MR) is 93.0 cm³/mol. The van der Waals surface area contributed by atoms with Gasteiger partial charge < -0.3 is 14.9 Å². The number of carbonyl (C=O) groups is 4. The Morgan fingerprint density at radius 1 is 1.23 bits per heavy atom. The number of hydrogen-bond donors (Lipinski definition) is 2. The molecule has 0 unspecified atom stereocenters. The Morgan fingerprint density at radius 3 is 2.35 bits per heavy atom. The Labute approximate surface area is 151 Å². The van der Waals surface area contributed by atoms with Crippen LogP contribution in [-0.2, 0) is 20.9 Å². The van der Waals surface area contributed by atoms with Crippen LogP contribution < -0.4 is 5.32 Å². The molecule has 0 bridgehead atoms. The second-order valence-corrected chi connectivity index (χ2v) is 6.90. The molecule has 1 aromatic carbocycles. The van der Waals surface area contributed by atoms with Crippen LogP contribution in [0.5, 0.6) is 0 Å². The standard InChI is InChI=1S/C18H23N3O5/c1-12(15(23)24)9-20(10-13-7-5-4-6-8-13)14(22)11-21-17(26)19-16(25)18(21,2)3/h4-8,12H,9-11H2,1-3H3,(H,23,24)(H,19,25,26)/t12-/m1/s1. The number of nitrogens with zero attached hydrogens (tertiary/aromatic N) is 2. The molecule has 1 aliphatic rings. The van der Waals surface area contributed by atoms with E-state index in [1.807, 2.05) is 30.3 Å². The Morgan fingerprint density at radius 2 is 1.85 bits per heavy atom. The molecular weight excluding hydrogens is 338 g/mol. The molecule has 2 N–H and O–H groups in total. The van der Waals surface area contributed by atoms with Gasteiger partial charge in [-0.1, -0.05) is 37.3 Å². The number of amides is 4. The lowest BCUT2D eigenvalue weighted by Crippen LogP contribution is -2.50. The summed E-state index contributed by atoms with van der Waals surface area (Å²) in [5, 5.41) is 11.4. The molecule has 2 rings (SSSR count). The molecule has 1 saturated heterocycles. The van der Waals surface area contributed by atoms with E-state index >= 15 is 0 Å². The Balaban J connectivity index is 2.18. The molecule has 1 atom stereocenters. The molecule has 0 aromatic heterocycles. The fraction of sp³-hybridized carbons (Fsp3) is 0.444. The molecule has 26 heavy (non-hydrogen) atoms.